The van der Waals surface area contributed by atoms with Gasteiger partial charge in [0.2, 0.25) is 10.0 Å². The molecule has 1 fully saturated rings. The van der Waals surface area contributed by atoms with Crippen molar-refractivity contribution in [1.82, 2.24) is 4.72 Å². The lowest BCUT2D eigenvalue weighted by Gasteiger charge is -2.22. The van der Waals surface area contributed by atoms with E-state index in [2.05, 4.69) is 4.72 Å². The van der Waals surface area contributed by atoms with Gasteiger partial charge in [0.1, 0.15) is 12.4 Å². The van der Waals surface area contributed by atoms with E-state index in [0.29, 0.717) is 11.4 Å². The summed E-state index contributed by atoms with van der Waals surface area (Å²) in [6, 6.07) is 7.12. The number of ether oxygens (including phenoxy) is 1. The van der Waals surface area contributed by atoms with Crippen LogP contribution in [-0.4, -0.2) is 38.3 Å². The Kier molecular flexibility index (Phi) is 5.56. The summed E-state index contributed by atoms with van der Waals surface area (Å²) in [4.78, 5) is 0. The second kappa shape index (κ2) is 7.19. The van der Waals surface area contributed by atoms with Crippen molar-refractivity contribution in [2.75, 3.05) is 29.6 Å². The van der Waals surface area contributed by atoms with Crippen LogP contribution in [0.2, 0.25) is 0 Å². The van der Waals surface area contributed by atoms with Gasteiger partial charge in [-0.1, -0.05) is 12.1 Å². The standard InChI is InChI=1S/C13H20N2O3S2/c14-12-5-1-2-6-13(12)18-7-9-20(16,17)15-11-4-3-8-19-10-11/h1-2,5-6,11,15H,3-4,7-10,14H2. The summed E-state index contributed by atoms with van der Waals surface area (Å²) in [6.07, 6.45) is 1.98. The van der Waals surface area contributed by atoms with Crippen molar-refractivity contribution in [1.29, 1.82) is 0 Å². The molecule has 0 radical (unpaired) electrons. The predicted molar refractivity (Wildman–Crippen MR) is 83.6 cm³/mol. The molecular weight excluding hydrogens is 296 g/mol. The van der Waals surface area contributed by atoms with E-state index >= 15 is 0 Å². The minimum Gasteiger partial charge on any atom is -0.490 e. The molecule has 0 amide bonds. The third-order valence-corrected chi connectivity index (χ3v) is 5.65. The first-order valence-electron chi connectivity index (χ1n) is 6.62. The highest BCUT2D eigenvalue weighted by Crippen LogP contribution is 2.20. The molecule has 112 valence electrons. The Balaban J connectivity index is 1.79. The summed E-state index contributed by atoms with van der Waals surface area (Å²) in [6.45, 7) is 0.101. The van der Waals surface area contributed by atoms with E-state index in [1.807, 2.05) is 0 Å². The van der Waals surface area contributed by atoms with Crippen molar-refractivity contribution in [2.24, 2.45) is 0 Å². The van der Waals surface area contributed by atoms with Gasteiger partial charge in [0, 0.05) is 11.8 Å². The molecule has 0 aromatic heterocycles. The third-order valence-electron chi connectivity index (χ3n) is 3.04. The van der Waals surface area contributed by atoms with Gasteiger partial charge in [0.25, 0.3) is 0 Å². The number of benzene rings is 1. The molecule has 0 spiro atoms. The van der Waals surface area contributed by atoms with Gasteiger partial charge in [-0.25, -0.2) is 13.1 Å². The summed E-state index contributed by atoms with van der Waals surface area (Å²) in [7, 11) is -3.29. The van der Waals surface area contributed by atoms with Gasteiger partial charge in [0.05, 0.1) is 11.4 Å². The Bertz CT molecular complexity index is 528. The van der Waals surface area contributed by atoms with Gasteiger partial charge in [-0.05, 0) is 30.7 Å². The number of hydrogen-bond acceptors (Lipinski definition) is 5. The zero-order valence-electron chi connectivity index (χ0n) is 11.2. The van der Waals surface area contributed by atoms with Crippen LogP contribution < -0.4 is 15.2 Å². The summed E-state index contributed by atoms with van der Waals surface area (Å²) < 4.78 is 32.0. The monoisotopic (exact) mass is 316 g/mol. The lowest BCUT2D eigenvalue weighted by molar-refractivity contribution is 0.341. The van der Waals surface area contributed by atoms with Crippen LogP contribution in [0.1, 0.15) is 12.8 Å². The average Bonchev–Trinajstić information content (AvgIpc) is 2.41. The van der Waals surface area contributed by atoms with Crippen LogP contribution in [-0.2, 0) is 10.0 Å². The molecule has 3 N–H and O–H groups in total. The van der Waals surface area contributed by atoms with Gasteiger partial charge in [-0.15, -0.1) is 0 Å². The van der Waals surface area contributed by atoms with E-state index in [1.165, 1.54) is 0 Å². The van der Waals surface area contributed by atoms with Crippen LogP contribution in [0.4, 0.5) is 5.69 Å². The number of thioether (sulfide) groups is 1. The van der Waals surface area contributed by atoms with Gasteiger partial charge < -0.3 is 10.5 Å². The highest BCUT2D eigenvalue weighted by atomic mass is 32.2. The SMILES string of the molecule is Nc1ccccc1OCCS(=O)(=O)NC1CCCSC1. The number of nitrogens with two attached hydrogens (primary N) is 1. The molecule has 1 aliphatic heterocycles. The van der Waals surface area contributed by atoms with Crippen LogP contribution in [0, 0.1) is 0 Å². The molecule has 1 aromatic rings. The number of nitrogen functional groups attached to an aromatic ring is 1. The van der Waals surface area contributed by atoms with Crippen molar-refractivity contribution in [3.05, 3.63) is 24.3 Å². The predicted octanol–water partition coefficient (Wildman–Crippen LogP) is 1.46. The molecule has 7 heteroatoms. The first-order chi connectivity index (χ1) is 9.57. The first-order valence-corrected chi connectivity index (χ1v) is 9.42. The molecule has 1 heterocycles. The van der Waals surface area contributed by atoms with Crippen LogP contribution in [0.3, 0.4) is 0 Å². The van der Waals surface area contributed by atoms with Crippen molar-refractivity contribution in [3.63, 3.8) is 0 Å². The molecule has 1 aliphatic rings. The Morgan fingerprint density at radius 2 is 2.20 bits per heavy atom. The summed E-state index contributed by atoms with van der Waals surface area (Å²) in [5, 5.41) is 0. The maximum Gasteiger partial charge on any atom is 0.215 e. The summed E-state index contributed by atoms with van der Waals surface area (Å²) >= 11 is 1.79. The Hall–Kier alpha value is -0.920. The highest BCUT2D eigenvalue weighted by molar-refractivity contribution is 7.99. The normalized spacial score (nSPS) is 19.7. The molecule has 1 aromatic carbocycles. The summed E-state index contributed by atoms with van der Waals surface area (Å²) in [5.74, 6) is 2.44. The molecule has 0 aliphatic carbocycles. The fourth-order valence-corrected chi connectivity index (χ4v) is 4.33. The van der Waals surface area contributed by atoms with Crippen LogP contribution in [0.5, 0.6) is 5.75 Å². The molecule has 5 nitrogen and oxygen atoms in total. The fraction of sp³-hybridized carbons (Fsp3) is 0.538. The van der Waals surface area contributed by atoms with E-state index in [4.69, 9.17) is 10.5 Å². The number of hydrogen-bond donors (Lipinski definition) is 2. The molecule has 0 saturated carbocycles. The van der Waals surface area contributed by atoms with Crippen molar-refractivity contribution in [3.8, 4) is 5.75 Å². The van der Waals surface area contributed by atoms with Crippen molar-refractivity contribution >= 4 is 27.5 Å². The Labute approximate surface area is 124 Å². The smallest absolute Gasteiger partial charge is 0.215 e. The van der Waals surface area contributed by atoms with Crippen LogP contribution in [0.15, 0.2) is 24.3 Å². The quantitative estimate of drug-likeness (QED) is 0.777. The number of nitrogens with one attached hydrogen (secondary N) is 1. The Morgan fingerprint density at radius 3 is 2.90 bits per heavy atom. The van der Waals surface area contributed by atoms with E-state index in [9.17, 15) is 8.42 Å². The molecule has 0 bridgehead atoms. The lowest BCUT2D eigenvalue weighted by atomic mass is 10.2. The molecule has 20 heavy (non-hydrogen) atoms. The molecule has 1 saturated heterocycles. The zero-order valence-corrected chi connectivity index (χ0v) is 12.9. The van der Waals surface area contributed by atoms with Gasteiger partial charge in [-0.3, -0.25) is 0 Å². The minimum atomic E-state index is -3.29. The van der Waals surface area contributed by atoms with E-state index in [0.717, 1.165) is 24.3 Å². The number of sulfonamides is 1. The van der Waals surface area contributed by atoms with Gasteiger partial charge in [-0.2, -0.15) is 11.8 Å². The topological polar surface area (TPSA) is 81.4 Å². The van der Waals surface area contributed by atoms with Crippen molar-refractivity contribution in [2.45, 2.75) is 18.9 Å². The van der Waals surface area contributed by atoms with Crippen LogP contribution in [0.25, 0.3) is 0 Å². The van der Waals surface area contributed by atoms with Gasteiger partial charge in [0.15, 0.2) is 0 Å². The number of anilines is 1. The van der Waals surface area contributed by atoms with E-state index in [1.54, 1.807) is 36.0 Å². The fourth-order valence-electron chi connectivity index (χ4n) is 2.02. The van der Waals surface area contributed by atoms with Gasteiger partial charge >= 0.3 is 0 Å². The third kappa shape index (κ3) is 4.88. The van der Waals surface area contributed by atoms with Crippen molar-refractivity contribution < 1.29 is 13.2 Å². The first kappa shape index (κ1) is 15.5. The number of para-hydroxylation sites is 2. The molecule has 1 atom stereocenters. The summed E-state index contributed by atoms with van der Waals surface area (Å²) in [5.41, 5.74) is 6.24. The highest BCUT2D eigenvalue weighted by Gasteiger charge is 2.20. The van der Waals surface area contributed by atoms with Crippen LogP contribution >= 0.6 is 11.8 Å². The van der Waals surface area contributed by atoms with E-state index < -0.39 is 10.0 Å². The lowest BCUT2D eigenvalue weighted by Crippen LogP contribution is -2.40. The van der Waals surface area contributed by atoms with E-state index in [-0.39, 0.29) is 18.4 Å². The zero-order chi connectivity index (χ0) is 14.4. The molecular formula is C13H20N2O3S2. The second-order valence-electron chi connectivity index (χ2n) is 4.74. The largest absolute Gasteiger partial charge is 0.490 e. The number of rotatable bonds is 6. The molecule has 2 rings (SSSR count). The molecule has 1 unspecified atom stereocenters. The maximum atomic E-state index is 11.9. The second-order valence-corrected chi connectivity index (χ2v) is 7.76. The maximum absolute atomic E-state index is 11.9. The Morgan fingerprint density at radius 1 is 1.40 bits per heavy atom. The average molecular weight is 316 g/mol. The minimum absolute atomic E-state index is 0.0531.